The van der Waals surface area contributed by atoms with Crippen LogP contribution in [0.1, 0.15) is 42.9 Å². The first-order valence-corrected chi connectivity index (χ1v) is 8.24. The van der Waals surface area contributed by atoms with Crippen LogP contribution in [-0.4, -0.2) is 27.3 Å². The summed E-state index contributed by atoms with van der Waals surface area (Å²) in [7, 11) is 0. The van der Waals surface area contributed by atoms with E-state index in [4.69, 9.17) is 9.68 Å². The van der Waals surface area contributed by atoms with Gasteiger partial charge < -0.3 is 14.3 Å². The molecular formula is C18H22N4O3. The lowest BCUT2D eigenvalue weighted by Gasteiger charge is -2.18. The summed E-state index contributed by atoms with van der Waals surface area (Å²) in [6, 6.07) is 5.30. The number of hydrogen-bond donors (Lipinski definition) is 1. The van der Waals surface area contributed by atoms with Crippen molar-refractivity contribution < 1.29 is 14.0 Å². The van der Waals surface area contributed by atoms with E-state index in [9.17, 15) is 9.59 Å². The van der Waals surface area contributed by atoms with Crippen LogP contribution in [0.15, 0.2) is 35.3 Å². The van der Waals surface area contributed by atoms with Crippen molar-refractivity contribution in [2.24, 2.45) is 5.92 Å². The smallest absolute Gasteiger partial charge is 0.223 e. The van der Waals surface area contributed by atoms with E-state index in [1.165, 1.54) is 6.26 Å². The van der Waals surface area contributed by atoms with Crippen molar-refractivity contribution in [2.45, 2.75) is 45.7 Å². The van der Waals surface area contributed by atoms with Gasteiger partial charge in [0, 0.05) is 31.1 Å². The minimum Gasteiger partial charge on any atom is -0.461 e. The molecule has 1 N–H and O–H groups in total. The average molecular weight is 342 g/mol. The van der Waals surface area contributed by atoms with Crippen LogP contribution in [-0.2, 0) is 17.8 Å². The van der Waals surface area contributed by atoms with E-state index in [-0.39, 0.29) is 36.3 Å². The number of carbonyl (C=O) groups excluding carboxylic acids is 2. The molecule has 7 nitrogen and oxygen atoms in total. The third-order valence-electron chi connectivity index (χ3n) is 3.71. The highest BCUT2D eigenvalue weighted by molar-refractivity contribution is 5.96. The van der Waals surface area contributed by atoms with E-state index in [1.54, 1.807) is 24.7 Å². The summed E-state index contributed by atoms with van der Waals surface area (Å²) in [6.07, 6.45) is 5.70. The predicted octanol–water partition coefficient (Wildman–Crippen LogP) is 2.35. The van der Waals surface area contributed by atoms with E-state index in [2.05, 4.69) is 10.3 Å². The van der Waals surface area contributed by atoms with Crippen LogP contribution in [0.5, 0.6) is 0 Å². The number of amides is 1. The fourth-order valence-electron chi connectivity index (χ4n) is 2.50. The number of ketones is 1. The Kier molecular flexibility index (Phi) is 6.52. The number of imidazole rings is 1. The Morgan fingerprint density at radius 2 is 2.24 bits per heavy atom. The lowest BCUT2D eigenvalue weighted by molar-refractivity contribution is -0.125. The van der Waals surface area contributed by atoms with Gasteiger partial charge in [-0.15, -0.1) is 0 Å². The molecule has 0 aromatic carbocycles. The largest absolute Gasteiger partial charge is 0.461 e. The fraction of sp³-hybridized carbons (Fsp3) is 0.444. The first-order chi connectivity index (χ1) is 12.0. The molecule has 25 heavy (non-hydrogen) atoms. The second-order valence-corrected chi connectivity index (χ2v) is 6.19. The third kappa shape index (κ3) is 5.60. The summed E-state index contributed by atoms with van der Waals surface area (Å²) in [5, 5.41) is 11.6. The molecule has 132 valence electrons. The van der Waals surface area contributed by atoms with Gasteiger partial charge in [-0.1, -0.05) is 0 Å². The van der Waals surface area contributed by atoms with Crippen molar-refractivity contribution >= 4 is 11.7 Å². The van der Waals surface area contributed by atoms with Gasteiger partial charge >= 0.3 is 0 Å². The lowest BCUT2D eigenvalue weighted by atomic mass is 9.96. The second kappa shape index (κ2) is 8.83. The number of nitrogens with zero attached hydrogens (tertiary/aromatic N) is 3. The van der Waals surface area contributed by atoms with Crippen molar-refractivity contribution in [3.63, 3.8) is 0 Å². The van der Waals surface area contributed by atoms with Crippen LogP contribution in [0.4, 0.5) is 0 Å². The van der Waals surface area contributed by atoms with Crippen LogP contribution in [0, 0.1) is 17.2 Å². The number of Topliss-reactive ketones (excluding diaryl/α,β-unsaturated/α-hetero) is 1. The van der Waals surface area contributed by atoms with E-state index in [1.807, 2.05) is 24.5 Å². The van der Waals surface area contributed by atoms with Crippen LogP contribution in [0.25, 0.3) is 0 Å². The quantitative estimate of drug-likeness (QED) is 0.705. The highest BCUT2D eigenvalue weighted by Crippen LogP contribution is 2.16. The average Bonchev–Trinajstić information content (AvgIpc) is 3.22. The van der Waals surface area contributed by atoms with Crippen LogP contribution >= 0.6 is 0 Å². The van der Waals surface area contributed by atoms with Crippen molar-refractivity contribution in [1.82, 2.24) is 14.9 Å². The zero-order chi connectivity index (χ0) is 18.2. The first kappa shape index (κ1) is 18.5. The standard InChI is InChI=1S/C18H22N4O3/c1-13(2)21-18(24)14(10-16(23)17-4-3-9-25-17)6-8-22-11-15(5-7-19)20-12-22/h3-4,9,11-14H,5-6,8,10H2,1-2H3,(H,21,24)/t14-/m1/s1. The number of aromatic nitrogens is 2. The molecule has 7 heteroatoms. The number of aryl methyl sites for hydroxylation is 1. The molecule has 0 spiro atoms. The third-order valence-corrected chi connectivity index (χ3v) is 3.71. The van der Waals surface area contributed by atoms with Gasteiger partial charge in [-0.3, -0.25) is 9.59 Å². The van der Waals surface area contributed by atoms with Gasteiger partial charge in [-0.25, -0.2) is 4.98 Å². The van der Waals surface area contributed by atoms with E-state index >= 15 is 0 Å². The number of nitrogens with one attached hydrogen (secondary N) is 1. The molecule has 1 amide bonds. The Bertz CT molecular complexity index is 741. The molecule has 2 aromatic heterocycles. The maximum atomic E-state index is 12.4. The predicted molar refractivity (Wildman–Crippen MR) is 90.6 cm³/mol. The highest BCUT2D eigenvalue weighted by atomic mass is 16.3. The van der Waals surface area contributed by atoms with Crippen LogP contribution in [0.3, 0.4) is 0 Å². The molecule has 1 atom stereocenters. The van der Waals surface area contributed by atoms with Crippen molar-refractivity contribution in [1.29, 1.82) is 5.26 Å². The molecule has 2 rings (SSSR count). The number of furan rings is 1. The Morgan fingerprint density at radius 3 is 2.88 bits per heavy atom. The monoisotopic (exact) mass is 342 g/mol. The Morgan fingerprint density at radius 1 is 1.44 bits per heavy atom. The van der Waals surface area contributed by atoms with E-state index in [0.717, 1.165) is 0 Å². The van der Waals surface area contributed by atoms with Gasteiger partial charge in [-0.2, -0.15) is 5.26 Å². The summed E-state index contributed by atoms with van der Waals surface area (Å²) in [5.41, 5.74) is 0.692. The first-order valence-electron chi connectivity index (χ1n) is 8.24. The van der Waals surface area contributed by atoms with Gasteiger partial charge in [0.05, 0.1) is 30.8 Å². The summed E-state index contributed by atoms with van der Waals surface area (Å²) in [5.74, 6) is -0.528. The minimum atomic E-state index is -0.457. The van der Waals surface area contributed by atoms with Gasteiger partial charge in [-0.05, 0) is 32.4 Å². The zero-order valence-corrected chi connectivity index (χ0v) is 14.4. The van der Waals surface area contributed by atoms with Crippen molar-refractivity contribution in [3.05, 3.63) is 42.4 Å². The summed E-state index contributed by atoms with van der Waals surface area (Å²) >= 11 is 0. The van der Waals surface area contributed by atoms with Crippen LogP contribution < -0.4 is 5.32 Å². The van der Waals surface area contributed by atoms with Crippen molar-refractivity contribution in [2.75, 3.05) is 0 Å². The maximum absolute atomic E-state index is 12.4. The number of nitriles is 1. The molecule has 2 aromatic rings. The molecule has 0 bridgehead atoms. The van der Waals surface area contributed by atoms with Crippen molar-refractivity contribution in [3.8, 4) is 6.07 Å². The SMILES string of the molecule is CC(C)NC(=O)[C@H](CCn1cnc(CC#N)c1)CC(=O)c1ccco1. The number of hydrogen-bond acceptors (Lipinski definition) is 5. The molecule has 0 aliphatic carbocycles. The molecule has 2 heterocycles. The van der Waals surface area contributed by atoms with Gasteiger partial charge in [0.1, 0.15) is 0 Å². The Labute approximate surface area is 146 Å². The normalized spacial score (nSPS) is 11.9. The number of carbonyl (C=O) groups is 2. The fourth-order valence-corrected chi connectivity index (χ4v) is 2.50. The molecule has 0 fully saturated rings. The molecule has 0 unspecified atom stereocenters. The van der Waals surface area contributed by atoms with E-state index < -0.39 is 5.92 Å². The molecule has 0 saturated heterocycles. The summed E-state index contributed by atoms with van der Waals surface area (Å²) in [6.45, 7) is 4.31. The topological polar surface area (TPSA) is 101 Å². The Balaban J connectivity index is 2.01. The summed E-state index contributed by atoms with van der Waals surface area (Å²) < 4.78 is 6.96. The summed E-state index contributed by atoms with van der Waals surface area (Å²) in [4.78, 5) is 28.8. The lowest BCUT2D eigenvalue weighted by Crippen LogP contribution is -2.37. The van der Waals surface area contributed by atoms with Gasteiger partial charge in [0.2, 0.25) is 5.91 Å². The number of rotatable bonds is 9. The second-order valence-electron chi connectivity index (χ2n) is 6.19. The molecule has 0 aliphatic rings. The van der Waals surface area contributed by atoms with Crippen LogP contribution in [0.2, 0.25) is 0 Å². The minimum absolute atomic E-state index is 0.00388. The Hall–Kier alpha value is -2.88. The molecular weight excluding hydrogens is 320 g/mol. The van der Waals surface area contributed by atoms with E-state index in [0.29, 0.717) is 18.7 Å². The molecule has 0 saturated carbocycles. The molecule has 0 radical (unpaired) electrons. The maximum Gasteiger partial charge on any atom is 0.223 e. The highest BCUT2D eigenvalue weighted by Gasteiger charge is 2.24. The zero-order valence-electron chi connectivity index (χ0n) is 14.4. The van der Waals surface area contributed by atoms with Gasteiger partial charge in [0.15, 0.2) is 11.5 Å². The molecule has 0 aliphatic heterocycles. The van der Waals surface area contributed by atoms with Gasteiger partial charge in [0.25, 0.3) is 0 Å².